The number of hydrogen-bond donors (Lipinski definition) is 0. The molecule has 0 fully saturated rings. The summed E-state index contributed by atoms with van der Waals surface area (Å²) in [4.78, 5) is 21.4. The van der Waals surface area contributed by atoms with Crippen molar-refractivity contribution in [3.05, 3.63) is 237 Å². The Morgan fingerprint density at radius 3 is 1.50 bits per heavy atom. The Balaban J connectivity index is 1.12. The maximum atomic E-state index is 5.57. The lowest BCUT2D eigenvalue weighted by atomic mass is 9.87. The highest BCUT2D eigenvalue weighted by molar-refractivity contribution is 7.26. The zero-order chi connectivity index (χ0) is 45.0. The van der Waals surface area contributed by atoms with Gasteiger partial charge in [0, 0.05) is 70.6 Å². The smallest absolute Gasteiger partial charge is 0.166 e. The SMILES string of the molecule is c1ccc(-c2nc(-c3ccccc3)nc(-c3cc(-c4c(-c5ccccc5)cccc4-c4ccccc4)cnc3-c3cccc4sc5cc6c7ccccc7n(-c7ccccc7)c6cc5c34)n2)cc1. The van der Waals surface area contributed by atoms with E-state index in [4.69, 9.17) is 19.9 Å². The first kappa shape index (κ1) is 39.5. The first-order chi connectivity index (χ1) is 33.7. The van der Waals surface area contributed by atoms with Crippen molar-refractivity contribution in [3.8, 4) is 84.5 Å². The van der Waals surface area contributed by atoms with E-state index in [0.29, 0.717) is 17.5 Å². The fraction of sp³-hybridized carbons (Fsp3) is 0. The highest BCUT2D eigenvalue weighted by atomic mass is 32.1. The standard InChI is InChI=1S/C62H39N5S/c1-6-20-40(21-7-1)46-31-18-32-47(41-22-8-2-9-23-41)57(46)44-36-52(62-65-60(42-24-10-3-11-25-42)64-61(66-62)43-26-12-4-13-27-43)59(63-39-44)49-33-19-35-55-58(49)51-37-54-50(38-56(51)68-55)48-30-16-17-34-53(48)67(54)45-28-14-5-15-29-45/h1-39H. The van der Waals surface area contributed by atoms with Gasteiger partial charge in [0.1, 0.15) is 0 Å². The minimum Gasteiger partial charge on any atom is -0.309 e. The van der Waals surface area contributed by atoms with E-state index in [1.807, 2.05) is 53.9 Å². The van der Waals surface area contributed by atoms with Crippen LogP contribution in [-0.2, 0) is 0 Å². The van der Waals surface area contributed by atoms with Gasteiger partial charge < -0.3 is 4.57 Å². The molecule has 0 spiro atoms. The molecule has 5 nitrogen and oxygen atoms in total. The molecule has 4 heterocycles. The molecule has 0 amide bonds. The number of fused-ring (bicyclic) bond motifs is 6. The average molecular weight is 886 g/mol. The van der Waals surface area contributed by atoms with Gasteiger partial charge in [0.15, 0.2) is 17.5 Å². The molecule has 13 rings (SSSR count). The lowest BCUT2D eigenvalue weighted by molar-refractivity contribution is 1.07. The quantitative estimate of drug-likeness (QED) is 0.153. The summed E-state index contributed by atoms with van der Waals surface area (Å²) in [5.41, 5.74) is 14.4. The van der Waals surface area contributed by atoms with Crippen LogP contribution < -0.4 is 0 Å². The predicted octanol–water partition coefficient (Wildman–Crippen LogP) is 16.4. The van der Waals surface area contributed by atoms with Gasteiger partial charge in [-0.3, -0.25) is 4.98 Å². The fourth-order valence-electron chi connectivity index (χ4n) is 9.84. The maximum Gasteiger partial charge on any atom is 0.166 e. The van der Waals surface area contributed by atoms with Gasteiger partial charge in [-0.1, -0.05) is 188 Å². The summed E-state index contributed by atoms with van der Waals surface area (Å²) in [5.74, 6) is 1.73. The zero-order valence-corrected chi connectivity index (χ0v) is 37.5. The molecule has 0 unspecified atom stereocenters. The first-order valence-electron chi connectivity index (χ1n) is 22.8. The summed E-state index contributed by atoms with van der Waals surface area (Å²) in [6, 6.07) is 81.2. The van der Waals surface area contributed by atoms with Crippen LogP contribution in [0.3, 0.4) is 0 Å². The molecule has 318 valence electrons. The van der Waals surface area contributed by atoms with Crippen LogP contribution in [0.5, 0.6) is 0 Å². The third-order valence-electron chi connectivity index (χ3n) is 12.9. The van der Waals surface area contributed by atoms with Crippen molar-refractivity contribution in [1.82, 2.24) is 24.5 Å². The number of pyridine rings is 1. The molecule has 0 bridgehead atoms. The van der Waals surface area contributed by atoms with Crippen molar-refractivity contribution in [3.63, 3.8) is 0 Å². The number of nitrogens with zero attached hydrogens (tertiary/aromatic N) is 5. The van der Waals surface area contributed by atoms with Crippen molar-refractivity contribution in [2.24, 2.45) is 0 Å². The van der Waals surface area contributed by atoms with Crippen LogP contribution >= 0.6 is 11.3 Å². The van der Waals surface area contributed by atoms with E-state index < -0.39 is 0 Å². The van der Waals surface area contributed by atoms with E-state index in [0.717, 1.165) is 77.9 Å². The van der Waals surface area contributed by atoms with Gasteiger partial charge in [0.05, 0.1) is 16.7 Å². The van der Waals surface area contributed by atoms with Crippen LogP contribution in [0.25, 0.3) is 126 Å². The number of hydrogen-bond acceptors (Lipinski definition) is 5. The van der Waals surface area contributed by atoms with Gasteiger partial charge >= 0.3 is 0 Å². The van der Waals surface area contributed by atoms with E-state index in [2.05, 4.69) is 199 Å². The number of para-hydroxylation sites is 2. The van der Waals surface area contributed by atoms with Gasteiger partial charge in [-0.25, -0.2) is 15.0 Å². The summed E-state index contributed by atoms with van der Waals surface area (Å²) in [7, 11) is 0. The largest absolute Gasteiger partial charge is 0.309 e. The van der Waals surface area contributed by atoms with E-state index in [1.54, 1.807) is 0 Å². The highest BCUT2D eigenvalue weighted by Gasteiger charge is 2.24. The third kappa shape index (κ3) is 6.77. The average Bonchev–Trinajstić information content (AvgIpc) is 3.95. The molecule has 0 aliphatic rings. The zero-order valence-electron chi connectivity index (χ0n) is 36.7. The van der Waals surface area contributed by atoms with Crippen molar-refractivity contribution in [2.45, 2.75) is 0 Å². The minimum atomic E-state index is 0.545. The normalized spacial score (nSPS) is 11.5. The summed E-state index contributed by atoms with van der Waals surface area (Å²) in [6.07, 6.45) is 2.04. The molecule has 0 N–H and O–H groups in total. The Morgan fingerprint density at radius 2 is 0.868 bits per heavy atom. The molecule has 9 aromatic carbocycles. The molecule has 0 radical (unpaired) electrons. The molecular formula is C62H39N5S. The Bertz CT molecular complexity index is 3880. The van der Waals surface area contributed by atoms with E-state index in [9.17, 15) is 0 Å². The second-order valence-corrected chi connectivity index (χ2v) is 18.0. The van der Waals surface area contributed by atoms with Gasteiger partial charge in [-0.15, -0.1) is 11.3 Å². The molecule has 13 aromatic rings. The van der Waals surface area contributed by atoms with Crippen LogP contribution in [0, 0.1) is 0 Å². The first-order valence-corrected chi connectivity index (χ1v) is 23.6. The lowest BCUT2D eigenvalue weighted by Gasteiger charge is -2.18. The Morgan fingerprint density at radius 1 is 0.338 bits per heavy atom. The number of rotatable bonds is 8. The Kier molecular flexibility index (Phi) is 9.62. The van der Waals surface area contributed by atoms with Crippen LogP contribution in [0.4, 0.5) is 0 Å². The summed E-state index contributed by atoms with van der Waals surface area (Å²) in [5, 5.41) is 4.79. The van der Waals surface area contributed by atoms with E-state index >= 15 is 0 Å². The molecule has 0 saturated carbocycles. The van der Waals surface area contributed by atoms with Gasteiger partial charge in [-0.05, 0) is 70.3 Å². The van der Waals surface area contributed by atoms with Gasteiger partial charge in [0.25, 0.3) is 0 Å². The number of benzene rings is 9. The van der Waals surface area contributed by atoms with Crippen molar-refractivity contribution < 1.29 is 0 Å². The highest BCUT2D eigenvalue weighted by Crippen LogP contribution is 2.47. The van der Waals surface area contributed by atoms with Gasteiger partial charge in [-0.2, -0.15) is 0 Å². The Labute approximate surface area is 397 Å². The summed E-state index contributed by atoms with van der Waals surface area (Å²) in [6.45, 7) is 0. The molecule has 0 aliphatic carbocycles. The van der Waals surface area contributed by atoms with E-state index in [1.165, 1.54) is 31.1 Å². The maximum absolute atomic E-state index is 5.57. The molecule has 68 heavy (non-hydrogen) atoms. The molecule has 0 atom stereocenters. The Hall–Kier alpha value is -8.84. The summed E-state index contributed by atoms with van der Waals surface area (Å²) >= 11 is 1.82. The molecule has 6 heteroatoms. The van der Waals surface area contributed by atoms with Crippen molar-refractivity contribution >= 4 is 53.3 Å². The van der Waals surface area contributed by atoms with Crippen molar-refractivity contribution in [1.29, 1.82) is 0 Å². The van der Waals surface area contributed by atoms with E-state index in [-0.39, 0.29) is 0 Å². The van der Waals surface area contributed by atoms with Crippen LogP contribution in [0.1, 0.15) is 0 Å². The summed E-state index contributed by atoms with van der Waals surface area (Å²) < 4.78 is 4.80. The molecule has 4 aromatic heterocycles. The number of thiophene rings is 1. The van der Waals surface area contributed by atoms with Crippen LogP contribution in [0.15, 0.2) is 237 Å². The fourth-order valence-corrected chi connectivity index (χ4v) is 11.0. The monoisotopic (exact) mass is 885 g/mol. The van der Waals surface area contributed by atoms with Crippen LogP contribution in [0.2, 0.25) is 0 Å². The second kappa shape index (κ2) is 16.5. The number of aromatic nitrogens is 5. The molecular weight excluding hydrogens is 847 g/mol. The van der Waals surface area contributed by atoms with Crippen LogP contribution in [-0.4, -0.2) is 24.5 Å². The second-order valence-electron chi connectivity index (χ2n) is 17.0. The topological polar surface area (TPSA) is 56.5 Å². The minimum absolute atomic E-state index is 0.545. The van der Waals surface area contributed by atoms with Crippen molar-refractivity contribution in [2.75, 3.05) is 0 Å². The predicted molar refractivity (Wildman–Crippen MR) is 283 cm³/mol. The lowest BCUT2D eigenvalue weighted by Crippen LogP contribution is -2.02. The third-order valence-corrected chi connectivity index (χ3v) is 14.0. The van der Waals surface area contributed by atoms with Gasteiger partial charge in [0.2, 0.25) is 0 Å². The molecule has 0 saturated heterocycles. The molecule has 0 aliphatic heterocycles.